The number of carbonyl (C=O) groups is 1. The van der Waals surface area contributed by atoms with Gasteiger partial charge >= 0.3 is 5.97 Å². The maximum absolute atomic E-state index is 11.7. The van der Waals surface area contributed by atoms with Gasteiger partial charge in [-0.15, -0.1) is 0 Å². The number of rotatable bonds is 3. The van der Waals surface area contributed by atoms with Crippen LogP contribution in [0.4, 0.5) is 0 Å². The number of esters is 1. The van der Waals surface area contributed by atoms with Gasteiger partial charge in [0.2, 0.25) is 0 Å². The van der Waals surface area contributed by atoms with Crippen molar-refractivity contribution in [3.63, 3.8) is 0 Å². The van der Waals surface area contributed by atoms with Gasteiger partial charge in [-0.3, -0.25) is 0 Å². The average molecular weight is 226 g/mol. The lowest BCUT2D eigenvalue weighted by molar-refractivity contribution is -0.139. The molecule has 4 heteroatoms. The second-order valence-electron chi connectivity index (χ2n) is 3.86. The van der Waals surface area contributed by atoms with Gasteiger partial charge in [0.15, 0.2) is 0 Å². The molecule has 0 aliphatic heterocycles. The molecule has 0 heterocycles. The second kappa shape index (κ2) is 5.16. The Bertz CT molecular complexity index is 330. The third kappa shape index (κ3) is 2.27. The van der Waals surface area contributed by atoms with E-state index in [1.54, 1.807) is 6.92 Å². The van der Waals surface area contributed by atoms with Crippen molar-refractivity contribution in [2.75, 3.05) is 6.61 Å². The molecule has 0 unspecified atom stereocenters. The topological polar surface area (TPSA) is 66.8 Å². The van der Waals surface area contributed by atoms with Crippen LogP contribution >= 0.6 is 0 Å². The molecule has 0 aromatic carbocycles. The Hall–Kier alpha value is -1.29. The standard InChI is InChI=1S/C12H18O4/c1-4-8-6-9(13)7(3)11(14)10(8)12(15)16-5-2/h8-9,13-14H,3-6H2,1-2H3/t8-,9-/m1/s1. The first-order valence-corrected chi connectivity index (χ1v) is 5.50. The summed E-state index contributed by atoms with van der Waals surface area (Å²) in [7, 11) is 0. The molecule has 0 aromatic heterocycles. The van der Waals surface area contributed by atoms with Gasteiger partial charge in [0, 0.05) is 5.57 Å². The fourth-order valence-electron chi connectivity index (χ4n) is 1.90. The van der Waals surface area contributed by atoms with Gasteiger partial charge in [0.05, 0.1) is 18.3 Å². The maximum Gasteiger partial charge on any atom is 0.338 e. The molecule has 2 atom stereocenters. The van der Waals surface area contributed by atoms with E-state index in [0.717, 1.165) is 0 Å². The Labute approximate surface area is 95.2 Å². The highest BCUT2D eigenvalue weighted by Crippen LogP contribution is 2.34. The Kier molecular flexibility index (Phi) is 4.12. The van der Waals surface area contributed by atoms with Crippen LogP contribution in [-0.2, 0) is 9.53 Å². The second-order valence-corrected chi connectivity index (χ2v) is 3.86. The summed E-state index contributed by atoms with van der Waals surface area (Å²) in [6.45, 7) is 7.45. The molecule has 0 bridgehead atoms. The first kappa shape index (κ1) is 12.8. The fraction of sp³-hybridized carbons (Fsp3) is 0.583. The lowest BCUT2D eigenvalue weighted by Gasteiger charge is -2.28. The summed E-state index contributed by atoms with van der Waals surface area (Å²) < 4.78 is 4.89. The van der Waals surface area contributed by atoms with Crippen LogP contribution in [0.3, 0.4) is 0 Å². The number of hydrogen-bond donors (Lipinski definition) is 2. The molecule has 4 nitrogen and oxygen atoms in total. The highest BCUT2D eigenvalue weighted by Gasteiger charge is 2.34. The molecule has 0 aromatic rings. The van der Waals surface area contributed by atoms with E-state index in [9.17, 15) is 15.0 Å². The number of aliphatic hydroxyl groups is 2. The van der Waals surface area contributed by atoms with Crippen molar-refractivity contribution < 1.29 is 19.7 Å². The van der Waals surface area contributed by atoms with Crippen molar-refractivity contribution in [2.24, 2.45) is 5.92 Å². The monoisotopic (exact) mass is 226 g/mol. The van der Waals surface area contributed by atoms with E-state index in [0.29, 0.717) is 12.8 Å². The summed E-state index contributed by atoms with van der Waals surface area (Å²) in [6, 6.07) is 0. The van der Waals surface area contributed by atoms with Gasteiger partial charge < -0.3 is 14.9 Å². The molecule has 0 amide bonds. The highest BCUT2D eigenvalue weighted by atomic mass is 16.5. The third-order valence-electron chi connectivity index (χ3n) is 2.87. The van der Waals surface area contributed by atoms with Crippen molar-refractivity contribution in [1.29, 1.82) is 0 Å². The van der Waals surface area contributed by atoms with E-state index in [4.69, 9.17) is 4.74 Å². The predicted octanol–water partition coefficient (Wildman–Crippen LogP) is 1.71. The predicted molar refractivity (Wildman–Crippen MR) is 59.8 cm³/mol. The van der Waals surface area contributed by atoms with Crippen LogP contribution in [0.5, 0.6) is 0 Å². The van der Waals surface area contributed by atoms with Gasteiger partial charge in [-0.25, -0.2) is 4.79 Å². The fourth-order valence-corrected chi connectivity index (χ4v) is 1.90. The van der Waals surface area contributed by atoms with Crippen LogP contribution in [0.1, 0.15) is 26.7 Å². The lowest BCUT2D eigenvalue weighted by Crippen LogP contribution is -2.29. The largest absolute Gasteiger partial charge is 0.507 e. The molecule has 90 valence electrons. The first-order chi connectivity index (χ1) is 7.52. The number of hydrogen-bond acceptors (Lipinski definition) is 4. The summed E-state index contributed by atoms with van der Waals surface area (Å²) in [5.41, 5.74) is 0.451. The van der Waals surface area contributed by atoms with Crippen LogP contribution in [0, 0.1) is 5.92 Å². The summed E-state index contributed by atoms with van der Waals surface area (Å²) in [4.78, 5) is 11.7. The number of ether oxygens (including phenoxy) is 1. The van der Waals surface area contributed by atoms with E-state index in [1.165, 1.54) is 0 Å². The molecule has 0 radical (unpaired) electrons. The minimum atomic E-state index is -0.775. The minimum Gasteiger partial charge on any atom is -0.507 e. The minimum absolute atomic E-state index is 0.167. The summed E-state index contributed by atoms with van der Waals surface area (Å²) in [5, 5.41) is 19.5. The Morgan fingerprint density at radius 3 is 2.69 bits per heavy atom. The van der Waals surface area contributed by atoms with Crippen LogP contribution < -0.4 is 0 Å². The SMILES string of the molecule is C=C1C(O)=C(C(=O)OCC)[C@H](CC)C[C@H]1O. The molecule has 0 saturated carbocycles. The van der Waals surface area contributed by atoms with Crippen molar-refractivity contribution in [3.05, 3.63) is 23.5 Å². The third-order valence-corrected chi connectivity index (χ3v) is 2.87. The Morgan fingerprint density at radius 1 is 1.56 bits per heavy atom. The van der Waals surface area contributed by atoms with E-state index in [2.05, 4.69) is 6.58 Å². The molecule has 1 rings (SSSR count). The molecule has 16 heavy (non-hydrogen) atoms. The molecule has 1 aliphatic carbocycles. The van der Waals surface area contributed by atoms with Crippen LogP contribution in [0.25, 0.3) is 0 Å². The Morgan fingerprint density at radius 2 is 2.19 bits per heavy atom. The number of carbonyl (C=O) groups excluding carboxylic acids is 1. The van der Waals surface area contributed by atoms with Crippen LogP contribution in [0.2, 0.25) is 0 Å². The maximum atomic E-state index is 11.7. The van der Waals surface area contributed by atoms with Crippen molar-refractivity contribution in [1.82, 2.24) is 0 Å². The molecule has 0 saturated heterocycles. The molecule has 0 spiro atoms. The normalized spacial score (nSPS) is 25.8. The zero-order chi connectivity index (χ0) is 12.3. The first-order valence-electron chi connectivity index (χ1n) is 5.50. The molecular weight excluding hydrogens is 208 g/mol. The van der Waals surface area contributed by atoms with Crippen LogP contribution in [-0.4, -0.2) is 28.9 Å². The highest BCUT2D eigenvalue weighted by molar-refractivity contribution is 5.90. The van der Waals surface area contributed by atoms with Gasteiger partial charge in [0.25, 0.3) is 0 Å². The molecule has 2 N–H and O–H groups in total. The molecular formula is C12H18O4. The quantitative estimate of drug-likeness (QED) is 0.719. The summed E-state index contributed by atoms with van der Waals surface area (Å²) in [5.74, 6) is -0.886. The van der Waals surface area contributed by atoms with Gasteiger partial charge in [-0.2, -0.15) is 0 Å². The van der Waals surface area contributed by atoms with Gasteiger partial charge in [0.1, 0.15) is 5.76 Å². The van der Waals surface area contributed by atoms with Crippen molar-refractivity contribution in [3.8, 4) is 0 Å². The van der Waals surface area contributed by atoms with E-state index in [1.807, 2.05) is 6.92 Å². The summed E-state index contributed by atoms with van der Waals surface area (Å²) >= 11 is 0. The van der Waals surface area contributed by atoms with E-state index in [-0.39, 0.29) is 29.4 Å². The average Bonchev–Trinajstić information content (AvgIpc) is 2.25. The van der Waals surface area contributed by atoms with Crippen molar-refractivity contribution >= 4 is 5.97 Å². The number of aliphatic hydroxyl groups excluding tert-OH is 2. The zero-order valence-electron chi connectivity index (χ0n) is 9.69. The Balaban J connectivity index is 3.07. The zero-order valence-corrected chi connectivity index (χ0v) is 9.69. The van der Waals surface area contributed by atoms with Gasteiger partial charge in [-0.05, 0) is 25.7 Å². The molecule has 0 fully saturated rings. The van der Waals surface area contributed by atoms with E-state index < -0.39 is 12.1 Å². The molecule has 1 aliphatic rings. The van der Waals surface area contributed by atoms with E-state index >= 15 is 0 Å². The van der Waals surface area contributed by atoms with Crippen molar-refractivity contribution in [2.45, 2.75) is 32.8 Å². The lowest BCUT2D eigenvalue weighted by atomic mass is 9.81. The van der Waals surface area contributed by atoms with Gasteiger partial charge in [-0.1, -0.05) is 13.5 Å². The smallest absolute Gasteiger partial charge is 0.338 e. The van der Waals surface area contributed by atoms with Crippen LogP contribution in [0.15, 0.2) is 23.5 Å². The summed E-state index contributed by atoms with van der Waals surface area (Å²) in [6.07, 6.45) is 0.305.